The molecule has 0 aliphatic carbocycles. The van der Waals surface area contributed by atoms with Crippen LogP contribution < -0.4 is 10.2 Å². The number of amides is 1. The monoisotopic (exact) mass is 514 g/mol. The molecule has 2 atom stereocenters. The van der Waals surface area contributed by atoms with E-state index in [4.69, 9.17) is 11.6 Å². The molecule has 2 aliphatic rings. The van der Waals surface area contributed by atoms with Gasteiger partial charge in [-0.15, -0.1) is 11.8 Å². The Morgan fingerprint density at radius 2 is 1.76 bits per heavy atom. The van der Waals surface area contributed by atoms with E-state index in [0.717, 1.165) is 40.6 Å². The van der Waals surface area contributed by atoms with Crippen LogP contribution in [0.25, 0.3) is 0 Å². The zero-order valence-corrected chi connectivity index (χ0v) is 21.0. The van der Waals surface area contributed by atoms with Crippen LogP contribution in [0.2, 0.25) is 5.02 Å². The van der Waals surface area contributed by atoms with E-state index in [9.17, 15) is 9.59 Å². The van der Waals surface area contributed by atoms with Gasteiger partial charge in [-0.05, 0) is 52.2 Å². The molecule has 2 unspecified atom stereocenters. The van der Waals surface area contributed by atoms with Crippen molar-refractivity contribution in [2.24, 2.45) is 0 Å². The summed E-state index contributed by atoms with van der Waals surface area (Å²) in [5.41, 5.74) is 2.19. The van der Waals surface area contributed by atoms with Crippen LogP contribution in [0.3, 0.4) is 0 Å². The van der Waals surface area contributed by atoms with Gasteiger partial charge in [-0.2, -0.15) is 23.1 Å². The van der Waals surface area contributed by atoms with E-state index in [-0.39, 0.29) is 18.1 Å². The smallest absolute Gasteiger partial charge is 0.242 e. The van der Waals surface area contributed by atoms with Crippen LogP contribution in [0.5, 0.6) is 0 Å². The van der Waals surface area contributed by atoms with E-state index in [1.807, 2.05) is 46.8 Å². The molecule has 5 rings (SSSR count). The largest absolute Gasteiger partial charge is 0.370 e. The fourth-order valence-corrected chi connectivity index (χ4v) is 7.28. The number of thiophene rings is 1. The standard InChI is InChI=1S/C25H23ClN2O2S3/c26-20-3-1-2-4-22(20)33-23-21(29)15-25(27-24(23)30,18-9-12-32-16-18)17-5-7-19(8-6-17)28-10-13-31-14-11-28/h1-9,12,16,23H,10-11,13-15H2,(H,27,30). The second-order valence-corrected chi connectivity index (χ2v) is 11.7. The lowest BCUT2D eigenvalue weighted by atomic mass is 9.77. The number of nitrogens with one attached hydrogen (secondary N) is 1. The Kier molecular flexibility index (Phi) is 6.74. The summed E-state index contributed by atoms with van der Waals surface area (Å²) in [7, 11) is 0. The minimum absolute atomic E-state index is 0.0907. The molecule has 0 bridgehead atoms. The predicted octanol–water partition coefficient (Wildman–Crippen LogP) is 5.45. The van der Waals surface area contributed by atoms with Crippen molar-refractivity contribution in [2.45, 2.75) is 22.1 Å². The Morgan fingerprint density at radius 1 is 1.00 bits per heavy atom. The molecule has 0 radical (unpaired) electrons. The van der Waals surface area contributed by atoms with Gasteiger partial charge in [0.15, 0.2) is 5.78 Å². The summed E-state index contributed by atoms with van der Waals surface area (Å²) < 4.78 is 0. The molecule has 1 aromatic heterocycles. The maximum atomic E-state index is 13.4. The van der Waals surface area contributed by atoms with Crippen molar-refractivity contribution in [3.8, 4) is 0 Å². The molecule has 4 nitrogen and oxygen atoms in total. The molecular formula is C25H23ClN2O2S3. The van der Waals surface area contributed by atoms with Gasteiger partial charge in [-0.1, -0.05) is 35.9 Å². The summed E-state index contributed by atoms with van der Waals surface area (Å²) >= 11 is 11.1. The SMILES string of the molecule is O=C1CC(c2ccc(N3CCSCC3)cc2)(c2ccsc2)NC(=O)C1Sc1ccccc1Cl. The number of thioether (sulfide) groups is 2. The van der Waals surface area contributed by atoms with Crippen molar-refractivity contribution in [3.05, 3.63) is 81.5 Å². The van der Waals surface area contributed by atoms with Crippen LogP contribution >= 0.6 is 46.5 Å². The topological polar surface area (TPSA) is 49.4 Å². The molecule has 2 aliphatic heterocycles. The van der Waals surface area contributed by atoms with E-state index in [2.05, 4.69) is 34.5 Å². The quantitative estimate of drug-likeness (QED) is 0.459. The molecular weight excluding hydrogens is 492 g/mol. The normalized spacial score (nSPS) is 23.4. The average Bonchev–Trinajstić information content (AvgIpc) is 3.39. The first-order valence-corrected chi connectivity index (χ1v) is 14.1. The molecule has 3 heterocycles. The highest BCUT2D eigenvalue weighted by atomic mass is 35.5. The van der Waals surface area contributed by atoms with Crippen LogP contribution in [-0.4, -0.2) is 41.5 Å². The fourth-order valence-electron chi connectivity index (χ4n) is 4.41. The lowest BCUT2D eigenvalue weighted by Gasteiger charge is -2.40. The van der Waals surface area contributed by atoms with Crippen molar-refractivity contribution < 1.29 is 9.59 Å². The molecule has 33 heavy (non-hydrogen) atoms. The van der Waals surface area contributed by atoms with Crippen LogP contribution in [0, 0.1) is 0 Å². The van der Waals surface area contributed by atoms with Crippen molar-refractivity contribution >= 4 is 63.8 Å². The molecule has 0 spiro atoms. The van der Waals surface area contributed by atoms with Gasteiger partial charge in [-0.3, -0.25) is 9.59 Å². The first-order chi connectivity index (χ1) is 16.1. The third kappa shape index (κ3) is 4.56. The van der Waals surface area contributed by atoms with E-state index in [1.54, 1.807) is 17.4 Å². The zero-order valence-electron chi connectivity index (χ0n) is 17.8. The van der Waals surface area contributed by atoms with Gasteiger partial charge >= 0.3 is 0 Å². The van der Waals surface area contributed by atoms with E-state index < -0.39 is 10.8 Å². The number of nitrogens with zero attached hydrogens (tertiary/aromatic N) is 1. The van der Waals surface area contributed by atoms with E-state index in [1.165, 1.54) is 17.4 Å². The van der Waals surface area contributed by atoms with Gasteiger partial charge in [0.05, 0.1) is 10.6 Å². The summed E-state index contributed by atoms with van der Waals surface area (Å²) in [4.78, 5) is 29.8. The highest BCUT2D eigenvalue weighted by molar-refractivity contribution is 8.01. The number of halogens is 1. The maximum Gasteiger partial charge on any atom is 0.242 e. The Morgan fingerprint density at radius 3 is 2.42 bits per heavy atom. The van der Waals surface area contributed by atoms with Crippen LogP contribution in [-0.2, 0) is 15.1 Å². The molecule has 8 heteroatoms. The molecule has 2 aromatic carbocycles. The summed E-state index contributed by atoms with van der Waals surface area (Å²) in [6, 6.07) is 17.6. The number of rotatable bonds is 5. The first kappa shape index (κ1) is 22.8. The lowest BCUT2D eigenvalue weighted by Crippen LogP contribution is -2.57. The number of piperidine rings is 1. The molecule has 2 fully saturated rings. The Balaban J connectivity index is 1.45. The van der Waals surface area contributed by atoms with Gasteiger partial charge in [0.1, 0.15) is 5.25 Å². The minimum atomic E-state index is -0.859. The Labute approximate surface area is 211 Å². The fraction of sp³-hybridized carbons (Fsp3) is 0.280. The average molecular weight is 515 g/mol. The van der Waals surface area contributed by atoms with Crippen molar-refractivity contribution in [2.75, 3.05) is 29.5 Å². The number of anilines is 1. The zero-order chi connectivity index (χ0) is 22.8. The third-order valence-electron chi connectivity index (χ3n) is 6.14. The van der Waals surface area contributed by atoms with Crippen molar-refractivity contribution in [1.29, 1.82) is 0 Å². The number of Topliss-reactive ketones (excluding diaryl/α,β-unsaturated/α-hetero) is 1. The third-order valence-corrected chi connectivity index (χ3v) is 9.53. The molecule has 2 saturated heterocycles. The summed E-state index contributed by atoms with van der Waals surface area (Å²) in [6.45, 7) is 2.08. The van der Waals surface area contributed by atoms with Crippen LogP contribution in [0.1, 0.15) is 17.5 Å². The van der Waals surface area contributed by atoms with Crippen molar-refractivity contribution in [3.63, 3.8) is 0 Å². The second-order valence-electron chi connectivity index (χ2n) is 8.12. The predicted molar refractivity (Wildman–Crippen MR) is 140 cm³/mol. The Hall–Kier alpha value is -1.93. The number of benzene rings is 2. The van der Waals surface area contributed by atoms with Gasteiger partial charge in [0, 0.05) is 41.6 Å². The minimum Gasteiger partial charge on any atom is -0.370 e. The molecule has 170 valence electrons. The highest BCUT2D eigenvalue weighted by Gasteiger charge is 2.47. The molecule has 0 saturated carbocycles. The Bertz CT molecular complexity index is 1130. The molecule has 3 aromatic rings. The van der Waals surface area contributed by atoms with E-state index >= 15 is 0 Å². The lowest BCUT2D eigenvalue weighted by molar-refractivity contribution is -0.132. The number of carbonyl (C=O) groups is 2. The van der Waals surface area contributed by atoms with E-state index in [0.29, 0.717) is 5.02 Å². The van der Waals surface area contributed by atoms with Gasteiger partial charge in [0.25, 0.3) is 0 Å². The van der Waals surface area contributed by atoms with Crippen molar-refractivity contribution in [1.82, 2.24) is 5.32 Å². The van der Waals surface area contributed by atoms with Gasteiger partial charge in [0.2, 0.25) is 5.91 Å². The molecule has 1 N–H and O–H groups in total. The number of hydrogen-bond donors (Lipinski definition) is 1. The van der Waals surface area contributed by atoms with Crippen LogP contribution in [0.4, 0.5) is 5.69 Å². The molecule has 1 amide bonds. The number of hydrogen-bond acceptors (Lipinski definition) is 6. The first-order valence-electron chi connectivity index (χ1n) is 10.8. The van der Waals surface area contributed by atoms with Gasteiger partial charge in [-0.25, -0.2) is 0 Å². The summed E-state index contributed by atoms with van der Waals surface area (Å²) in [5, 5.41) is 6.96. The summed E-state index contributed by atoms with van der Waals surface area (Å²) in [5.74, 6) is 1.90. The highest BCUT2D eigenvalue weighted by Crippen LogP contribution is 2.42. The number of carbonyl (C=O) groups excluding carboxylic acids is 2. The summed E-state index contributed by atoms with van der Waals surface area (Å²) in [6.07, 6.45) is 0.206. The number of ketones is 1. The van der Waals surface area contributed by atoms with Crippen LogP contribution in [0.15, 0.2) is 70.3 Å². The maximum absolute atomic E-state index is 13.4. The second kappa shape index (κ2) is 9.74. The van der Waals surface area contributed by atoms with Gasteiger partial charge < -0.3 is 10.2 Å².